The van der Waals surface area contributed by atoms with E-state index in [0.29, 0.717) is 49.9 Å². The number of hydrogen-bond donors (Lipinski definition) is 3. The molecule has 0 spiro atoms. The highest BCUT2D eigenvalue weighted by molar-refractivity contribution is 6.04. The maximum absolute atomic E-state index is 14.2. The number of nitrogens with one attached hydrogen (secondary N) is 1. The van der Waals surface area contributed by atoms with Crippen molar-refractivity contribution in [3.63, 3.8) is 0 Å². The third-order valence-corrected chi connectivity index (χ3v) is 5.97. The highest BCUT2D eigenvalue weighted by Crippen LogP contribution is 2.34. The number of aromatic nitrogens is 2. The third kappa shape index (κ3) is 4.13. The van der Waals surface area contributed by atoms with E-state index in [9.17, 15) is 8.78 Å². The highest BCUT2D eigenvalue weighted by Gasteiger charge is 2.38. The molecule has 3 heterocycles. The Morgan fingerprint density at radius 1 is 1.35 bits per heavy atom. The van der Waals surface area contributed by atoms with Gasteiger partial charge in [0.05, 0.1) is 23.7 Å². The molecule has 0 saturated carbocycles. The molecule has 3 atom stereocenters. The van der Waals surface area contributed by atoms with Gasteiger partial charge in [-0.2, -0.15) is 0 Å². The summed E-state index contributed by atoms with van der Waals surface area (Å²) in [5.74, 6) is -0.393. The van der Waals surface area contributed by atoms with Crippen molar-refractivity contribution in [3.8, 4) is 0 Å². The topological polar surface area (TPSA) is 106 Å². The molecule has 31 heavy (non-hydrogen) atoms. The van der Waals surface area contributed by atoms with E-state index in [1.807, 2.05) is 11.5 Å². The Hall–Kier alpha value is -2.62. The SMILES string of the molecule is CCn1c(C(=N)/C=C(/C)N)nc2c1CN(C1CO[C@H](c3cc(F)ccc3F)C(N)C1)C2. The molecule has 0 amide bonds. The van der Waals surface area contributed by atoms with E-state index in [2.05, 4.69) is 4.90 Å². The van der Waals surface area contributed by atoms with Crippen molar-refractivity contribution in [1.82, 2.24) is 14.5 Å². The fourth-order valence-corrected chi connectivity index (χ4v) is 4.53. The van der Waals surface area contributed by atoms with Crippen LogP contribution < -0.4 is 11.5 Å². The second kappa shape index (κ2) is 8.49. The van der Waals surface area contributed by atoms with Gasteiger partial charge in [0.25, 0.3) is 0 Å². The second-order valence-corrected chi connectivity index (χ2v) is 8.25. The minimum atomic E-state index is -0.669. The van der Waals surface area contributed by atoms with Crippen LogP contribution in [0.5, 0.6) is 0 Å². The summed E-state index contributed by atoms with van der Waals surface area (Å²) in [6, 6.07) is 2.96. The summed E-state index contributed by atoms with van der Waals surface area (Å²) in [5.41, 5.74) is 15.1. The number of ether oxygens (including phenoxy) is 1. The zero-order valence-electron chi connectivity index (χ0n) is 17.7. The van der Waals surface area contributed by atoms with Crippen molar-refractivity contribution in [2.45, 2.75) is 58.1 Å². The van der Waals surface area contributed by atoms with Gasteiger partial charge in [-0.3, -0.25) is 10.3 Å². The van der Waals surface area contributed by atoms with Crippen molar-refractivity contribution < 1.29 is 13.5 Å². The summed E-state index contributed by atoms with van der Waals surface area (Å²) in [7, 11) is 0. The number of imidazole rings is 1. The van der Waals surface area contributed by atoms with Crippen molar-refractivity contribution in [3.05, 3.63) is 64.4 Å². The van der Waals surface area contributed by atoms with Crippen LogP contribution >= 0.6 is 0 Å². The quantitative estimate of drug-likeness (QED) is 0.632. The van der Waals surface area contributed by atoms with Crippen LogP contribution in [0.25, 0.3) is 0 Å². The third-order valence-electron chi connectivity index (χ3n) is 5.97. The van der Waals surface area contributed by atoms with E-state index in [-0.39, 0.29) is 11.6 Å². The van der Waals surface area contributed by atoms with E-state index < -0.39 is 23.8 Å². The second-order valence-electron chi connectivity index (χ2n) is 8.25. The van der Waals surface area contributed by atoms with E-state index in [0.717, 1.165) is 29.6 Å². The largest absolute Gasteiger partial charge is 0.402 e. The Morgan fingerprint density at radius 3 is 2.81 bits per heavy atom. The molecule has 1 aromatic heterocycles. The maximum Gasteiger partial charge on any atom is 0.158 e. The summed E-state index contributed by atoms with van der Waals surface area (Å²) in [6.45, 7) is 6.16. The molecule has 2 aliphatic rings. The fraction of sp³-hybridized carbons (Fsp3) is 0.455. The molecule has 7 nitrogen and oxygen atoms in total. The van der Waals surface area contributed by atoms with Crippen LogP contribution in [0.15, 0.2) is 30.0 Å². The molecule has 1 aromatic carbocycles. The van der Waals surface area contributed by atoms with E-state index in [4.69, 9.17) is 26.6 Å². The molecule has 0 radical (unpaired) electrons. The normalized spacial score (nSPS) is 24.4. The van der Waals surface area contributed by atoms with Crippen LogP contribution in [-0.4, -0.2) is 38.9 Å². The van der Waals surface area contributed by atoms with Crippen LogP contribution in [0.1, 0.15) is 49.1 Å². The number of nitrogens with zero attached hydrogens (tertiary/aromatic N) is 3. The zero-order valence-corrected chi connectivity index (χ0v) is 17.7. The molecule has 2 unspecified atom stereocenters. The summed E-state index contributed by atoms with van der Waals surface area (Å²) < 4.78 is 35.7. The van der Waals surface area contributed by atoms with Gasteiger partial charge in [-0.15, -0.1) is 0 Å². The summed E-state index contributed by atoms with van der Waals surface area (Å²) in [5, 5.41) is 8.28. The molecule has 2 aliphatic heterocycles. The van der Waals surface area contributed by atoms with Gasteiger partial charge < -0.3 is 20.8 Å². The number of hydrogen-bond acceptors (Lipinski definition) is 6. The van der Waals surface area contributed by atoms with Gasteiger partial charge in [-0.1, -0.05) is 0 Å². The first-order chi connectivity index (χ1) is 14.8. The number of halogens is 2. The van der Waals surface area contributed by atoms with Crippen molar-refractivity contribution in [2.75, 3.05) is 6.61 Å². The van der Waals surface area contributed by atoms with Crippen LogP contribution in [0, 0.1) is 17.0 Å². The summed E-state index contributed by atoms with van der Waals surface area (Å²) in [6.07, 6.45) is 1.55. The first kappa shape index (κ1) is 21.6. The molecule has 0 bridgehead atoms. The maximum atomic E-state index is 14.2. The number of allylic oxidation sites excluding steroid dienone is 2. The number of fused-ring (bicyclic) bond motifs is 1. The van der Waals surface area contributed by atoms with Crippen LogP contribution in [0.3, 0.4) is 0 Å². The van der Waals surface area contributed by atoms with Gasteiger partial charge in [-0.25, -0.2) is 13.8 Å². The van der Waals surface area contributed by atoms with Crippen LogP contribution in [0.2, 0.25) is 0 Å². The molecule has 9 heteroatoms. The van der Waals surface area contributed by atoms with E-state index in [1.54, 1.807) is 13.0 Å². The van der Waals surface area contributed by atoms with E-state index >= 15 is 0 Å². The lowest BCUT2D eigenvalue weighted by Gasteiger charge is -2.38. The molecule has 2 aromatic rings. The van der Waals surface area contributed by atoms with Gasteiger partial charge in [0.15, 0.2) is 5.82 Å². The molecule has 1 fully saturated rings. The van der Waals surface area contributed by atoms with Gasteiger partial charge in [0.1, 0.15) is 17.7 Å². The minimum absolute atomic E-state index is 0.0523. The monoisotopic (exact) mass is 430 g/mol. The average molecular weight is 431 g/mol. The predicted molar refractivity (Wildman–Crippen MR) is 113 cm³/mol. The average Bonchev–Trinajstić information content (AvgIpc) is 3.27. The molecule has 1 saturated heterocycles. The molecule has 5 N–H and O–H groups in total. The predicted octanol–water partition coefficient (Wildman–Crippen LogP) is 2.58. The number of benzene rings is 1. The lowest BCUT2D eigenvalue weighted by Crippen LogP contribution is -2.48. The fourth-order valence-electron chi connectivity index (χ4n) is 4.53. The lowest BCUT2D eigenvalue weighted by atomic mass is 9.93. The molecular weight excluding hydrogens is 402 g/mol. The zero-order chi connectivity index (χ0) is 22.3. The molecular formula is C22H28F2N6O. The first-order valence-electron chi connectivity index (χ1n) is 10.5. The van der Waals surface area contributed by atoms with Crippen LogP contribution in [0.4, 0.5) is 8.78 Å². The van der Waals surface area contributed by atoms with Gasteiger partial charge in [-0.05, 0) is 44.5 Å². The smallest absolute Gasteiger partial charge is 0.158 e. The standard InChI is InChI=1S/C22H28F2N6O/c1-3-30-20-10-29(9-19(20)28-22(30)18(27)6-12(2)25)14-8-17(26)21(31-11-14)15-7-13(23)4-5-16(15)24/h4-7,14,17,21,27H,3,8-11,25-26H2,1-2H3/b12-6-,27-18?/t14?,17?,21-/m1/s1. The molecule has 166 valence electrons. The summed E-state index contributed by atoms with van der Waals surface area (Å²) in [4.78, 5) is 6.95. The van der Waals surface area contributed by atoms with Crippen molar-refractivity contribution in [1.29, 1.82) is 5.41 Å². The number of nitrogens with two attached hydrogens (primary N) is 2. The van der Waals surface area contributed by atoms with Gasteiger partial charge in [0, 0.05) is 43.0 Å². The number of rotatable bonds is 5. The Bertz CT molecular complexity index is 1030. The Balaban J connectivity index is 1.47. The van der Waals surface area contributed by atoms with Crippen molar-refractivity contribution in [2.24, 2.45) is 11.5 Å². The first-order valence-corrected chi connectivity index (χ1v) is 10.5. The van der Waals surface area contributed by atoms with Crippen molar-refractivity contribution >= 4 is 5.71 Å². The minimum Gasteiger partial charge on any atom is -0.402 e. The summed E-state index contributed by atoms with van der Waals surface area (Å²) >= 11 is 0. The lowest BCUT2D eigenvalue weighted by molar-refractivity contribution is -0.0535. The van der Waals surface area contributed by atoms with Crippen LogP contribution in [-0.2, 0) is 24.4 Å². The highest BCUT2D eigenvalue weighted by atomic mass is 19.1. The Morgan fingerprint density at radius 2 is 2.13 bits per heavy atom. The molecule has 0 aliphatic carbocycles. The Kier molecular flexibility index (Phi) is 5.92. The Labute approximate surface area is 180 Å². The van der Waals surface area contributed by atoms with Gasteiger partial charge in [0.2, 0.25) is 0 Å². The van der Waals surface area contributed by atoms with Gasteiger partial charge >= 0.3 is 0 Å². The molecule has 4 rings (SSSR count). The van der Waals surface area contributed by atoms with E-state index in [1.165, 1.54) is 0 Å².